The maximum absolute atomic E-state index is 7.15. The van der Waals surface area contributed by atoms with Crippen LogP contribution in [-0.2, 0) is 0 Å². The van der Waals surface area contributed by atoms with Gasteiger partial charge >= 0.3 is 0 Å². The van der Waals surface area contributed by atoms with Crippen LogP contribution in [-0.4, -0.2) is 0 Å². The molecule has 2 rings (SSSR count). The molecular formula is C8H6N2O2. The number of rotatable bonds is 0. The lowest BCUT2D eigenvalue weighted by Crippen LogP contribution is -2.21. The van der Waals surface area contributed by atoms with E-state index in [9.17, 15) is 0 Å². The summed E-state index contributed by atoms with van der Waals surface area (Å²) in [6, 6.07) is 6.95. The Morgan fingerprint density at radius 3 is 1.67 bits per heavy atom. The normalized spacial score (nSPS) is 10.3. The standard InChI is InChI=1S/C8H6N2O2/c9-7-8(10)12-6-4-2-1-3-5(6)11-7/h1-4,9-10H. The van der Waals surface area contributed by atoms with Gasteiger partial charge in [0.2, 0.25) is 0 Å². The van der Waals surface area contributed by atoms with E-state index >= 15 is 0 Å². The second-order valence-electron chi connectivity index (χ2n) is 2.31. The Kier molecular flexibility index (Phi) is 1.33. The Morgan fingerprint density at radius 1 is 0.833 bits per heavy atom. The number of para-hydroxylation sites is 2. The molecule has 2 N–H and O–H groups in total. The van der Waals surface area contributed by atoms with Crippen LogP contribution in [0.2, 0.25) is 0 Å². The zero-order valence-electron chi connectivity index (χ0n) is 6.13. The molecule has 0 bridgehead atoms. The lowest BCUT2D eigenvalue weighted by molar-refractivity contribution is 0.413. The maximum atomic E-state index is 7.15. The molecule has 1 aromatic heterocycles. The van der Waals surface area contributed by atoms with Crippen molar-refractivity contribution in [1.29, 1.82) is 10.8 Å². The van der Waals surface area contributed by atoms with Crippen molar-refractivity contribution >= 4 is 11.2 Å². The van der Waals surface area contributed by atoms with Gasteiger partial charge < -0.3 is 8.83 Å². The first-order valence-electron chi connectivity index (χ1n) is 3.39. The van der Waals surface area contributed by atoms with Crippen LogP contribution in [0.25, 0.3) is 11.2 Å². The third-order valence-corrected chi connectivity index (χ3v) is 1.48. The van der Waals surface area contributed by atoms with Crippen LogP contribution < -0.4 is 11.1 Å². The molecule has 0 unspecified atom stereocenters. The van der Waals surface area contributed by atoms with E-state index < -0.39 is 0 Å². The Morgan fingerprint density at radius 2 is 1.25 bits per heavy atom. The quantitative estimate of drug-likeness (QED) is 0.606. The molecule has 1 heterocycles. The average Bonchev–Trinajstić information content (AvgIpc) is 2.07. The molecular weight excluding hydrogens is 156 g/mol. The van der Waals surface area contributed by atoms with Crippen molar-refractivity contribution in [2.24, 2.45) is 0 Å². The highest BCUT2D eigenvalue weighted by atomic mass is 16.4. The molecule has 60 valence electrons. The van der Waals surface area contributed by atoms with Crippen LogP contribution in [0, 0.1) is 10.8 Å². The monoisotopic (exact) mass is 162 g/mol. The summed E-state index contributed by atoms with van der Waals surface area (Å²) in [5.74, 6) is 0. The number of fused-ring (bicyclic) bond motifs is 1. The zero-order chi connectivity index (χ0) is 8.55. The molecule has 0 aliphatic rings. The summed E-state index contributed by atoms with van der Waals surface area (Å²) in [7, 11) is 0. The Labute approximate surface area is 67.1 Å². The highest BCUT2D eigenvalue weighted by Gasteiger charge is 1.96. The van der Waals surface area contributed by atoms with Crippen LogP contribution in [0.3, 0.4) is 0 Å². The third-order valence-electron chi connectivity index (χ3n) is 1.48. The van der Waals surface area contributed by atoms with Gasteiger partial charge in [0, 0.05) is 0 Å². The van der Waals surface area contributed by atoms with Crippen molar-refractivity contribution in [3.05, 3.63) is 35.4 Å². The fourth-order valence-corrected chi connectivity index (χ4v) is 0.931. The summed E-state index contributed by atoms with van der Waals surface area (Å²) in [5, 5.41) is 14.3. The number of hydrogen-bond acceptors (Lipinski definition) is 4. The fourth-order valence-electron chi connectivity index (χ4n) is 0.931. The Balaban J connectivity index is 3.03. The summed E-state index contributed by atoms with van der Waals surface area (Å²) >= 11 is 0. The van der Waals surface area contributed by atoms with Gasteiger partial charge in [0.15, 0.2) is 11.2 Å². The van der Waals surface area contributed by atoms with Gasteiger partial charge in [-0.3, -0.25) is 10.8 Å². The molecule has 2 aromatic rings. The van der Waals surface area contributed by atoms with Gasteiger partial charge in [-0.2, -0.15) is 0 Å². The van der Waals surface area contributed by atoms with E-state index in [1.807, 2.05) is 0 Å². The maximum Gasteiger partial charge on any atom is 0.276 e. The first-order valence-corrected chi connectivity index (χ1v) is 3.39. The number of hydrogen-bond donors (Lipinski definition) is 2. The van der Waals surface area contributed by atoms with Crippen LogP contribution in [0.1, 0.15) is 0 Å². The molecule has 0 saturated carbocycles. The highest BCUT2D eigenvalue weighted by Crippen LogP contribution is 2.07. The summed E-state index contributed by atoms with van der Waals surface area (Å²) in [4.78, 5) is 0. The summed E-state index contributed by atoms with van der Waals surface area (Å²) in [5.41, 5.74) is 0.458. The summed E-state index contributed by atoms with van der Waals surface area (Å²) < 4.78 is 9.96. The summed E-state index contributed by atoms with van der Waals surface area (Å²) in [6.07, 6.45) is 0. The molecule has 0 spiro atoms. The predicted octanol–water partition coefficient (Wildman–Crippen LogP) is 0.985. The van der Waals surface area contributed by atoms with Gasteiger partial charge in [-0.15, -0.1) is 0 Å². The molecule has 0 fully saturated rings. The topological polar surface area (TPSA) is 74.0 Å². The van der Waals surface area contributed by atoms with Crippen LogP contribution >= 0.6 is 0 Å². The van der Waals surface area contributed by atoms with Crippen LogP contribution in [0.5, 0.6) is 0 Å². The van der Waals surface area contributed by atoms with Crippen LogP contribution in [0.4, 0.5) is 0 Å². The van der Waals surface area contributed by atoms with Crippen molar-refractivity contribution < 1.29 is 8.83 Å². The van der Waals surface area contributed by atoms with Crippen molar-refractivity contribution in [3.63, 3.8) is 0 Å². The van der Waals surface area contributed by atoms with Gasteiger partial charge in [0.25, 0.3) is 11.1 Å². The van der Waals surface area contributed by atoms with E-state index in [4.69, 9.17) is 19.7 Å². The molecule has 4 nitrogen and oxygen atoms in total. The van der Waals surface area contributed by atoms with Gasteiger partial charge in [-0.25, -0.2) is 0 Å². The van der Waals surface area contributed by atoms with Gasteiger partial charge in [-0.1, -0.05) is 12.1 Å². The van der Waals surface area contributed by atoms with E-state index in [0.717, 1.165) is 0 Å². The van der Waals surface area contributed by atoms with E-state index in [-0.39, 0.29) is 11.1 Å². The van der Waals surface area contributed by atoms with E-state index in [2.05, 4.69) is 0 Å². The van der Waals surface area contributed by atoms with Gasteiger partial charge in [0.1, 0.15) is 0 Å². The van der Waals surface area contributed by atoms with Crippen molar-refractivity contribution in [2.75, 3.05) is 0 Å². The molecule has 0 aliphatic carbocycles. The molecule has 0 saturated heterocycles. The molecule has 0 aliphatic heterocycles. The highest BCUT2D eigenvalue weighted by molar-refractivity contribution is 5.68. The minimum atomic E-state index is -0.256. The Hall–Kier alpha value is -1.84. The number of nitrogens with one attached hydrogen (secondary N) is 2. The van der Waals surface area contributed by atoms with E-state index in [1.54, 1.807) is 24.3 Å². The first-order chi connectivity index (χ1) is 5.77. The first kappa shape index (κ1) is 6.84. The third kappa shape index (κ3) is 0.934. The second kappa shape index (κ2) is 2.34. The minimum Gasteiger partial charge on any atom is -0.431 e. The minimum absolute atomic E-state index is 0.256. The molecule has 1 aromatic carbocycles. The number of benzene rings is 1. The lowest BCUT2D eigenvalue weighted by Gasteiger charge is -1.92. The zero-order valence-corrected chi connectivity index (χ0v) is 6.13. The summed E-state index contributed by atoms with van der Waals surface area (Å²) in [6.45, 7) is 0. The SMILES string of the molecule is N=c1oc2ccccc2oc1=N. The van der Waals surface area contributed by atoms with Crippen molar-refractivity contribution in [3.8, 4) is 0 Å². The molecule has 4 heteroatoms. The average molecular weight is 162 g/mol. The lowest BCUT2D eigenvalue weighted by atomic mass is 10.3. The van der Waals surface area contributed by atoms with Gasteiger partial charge in [-0.05, 0) is 12.1 Å². The largest absolute Gasteiger partial charge is 0.431 e. The fraction of sp³-hybridized carbons (Fsp3) is 0. The van der Waals surface area contributed by atoms with E-state index in [1.165, 1.54) is 0 Å². The Bertz CT molecular complexity index is 476. The predicted molar refractivity (Wildman–Crippen MR) is 40.2 cm³/mol. The van der Waals surface area contributed by atoms with Crippen LogP contribution in [0.15, 0.2) is 33.1 Å². The smallest absolute Gasteiger partial charge is 0.276 e. The molecule has 0 atom stereocenters. The molecule has 12 heavy (non-hydrogen) atoms. The molecule has 0 amide bonds. The van der Waals surface area contributed by atoms with E-state index in [0.29, 0.717) is 11.2 Å². The second-order valence-corrected chi connectivity index (χ2v) is 2.31. The van der Waals surface area contributed by atoms with Crippen molar-refractivity contribution in [2.45, 2.75) is 0 Å². The van der Waals surface area contributed by atoms with Crippen molar-refractivity contribution in [1.82, 2.24) is 0 Å². The molecule has 0 radical (unpaired) electrons. The van der Waals surface area contributed by atoms with Gasteiger partial charge in [0.05, 0.1) is 0 Å².